The van der Waals surface area contributed by atoms with E-state index in [0.717, 1.165) is 19.4 Å². The average molecular weight is 161 g/mol. The van der Waals surface area contributed by atoms with Crippen LogP contribution in [0.2, 0.25) is 0 Å². The molecule has 0 bridgehead atoms. The Morgan fingerprint density at radius 2 is 2.27 bits per heavy atom. The van der Waals surface area contributed by atoms with Crippen LogP contribution in [0, 0.1) is 0 Å². The van der Waals surface area contributed by atoms with E-state index in [0.29, 0.717) is 13.0 Å². The maximum Gasteiger partial charge on any atom is 0.0618 e. The van der Waals surface area contributed by atoms with Gasteiger partial charge < -0.3 is 15.6 Å². The Balaban J connectivity index is 2.97. The van der Waals surface area contributed by atoms with Gasteiger partial charge in [-0.25, -0.2) is 0 Å². The molecule has 0 saturated heterocycles. The Bertz CT molecular complexity index is 78.5. The van der Waals surface area contributed by atoms with Gasteiger partial charge in [-0.1, -0.05) is 13.3 Å². The van der Waals surface area contributed by atoms with Crippen LogP contribution in [0.3, 0.4) is 0 Å². The van der Waals surface area contributed by atoms with E-state index in [1.54, 1.807) is 0 Å². The van der Waals surface area contributed by atoms with E-state index in [1.165, 1.54) is 0 Å². The molecule has 0 radical (unpaired) electrons. The Labute approximate surface area is 68.5 Å². The highest BCUT2D eigenvalue weighted by atomic mass is 16.5. The lowest BCUT2D eigenvalue weighted by molar-refractivity contribution is 0.110. The lowest BCUT2D eigenvalue weighted by Gasteiger charge is -2.09. The highest BCUT2D eigenvalue weighted by Crippen LogP contribution is 1.91. The van der Waals surface area contributed by atoms with Crippen molar-refractivity contribution in [2.24, 2.45) is 5.73 Å². The summed E-state index contributed by atoms with van der Waals surface area (Å²) < 4.78 is 5.25. The number of nitrogens with two attached hydrogens (primary N) is 1. The summed E-state index contributed by atoms with van der Waals surface area (Å²) in [5.74, 6) is 0. The monoisotopic (exact) mass is 161 g/mol. The molecule has 0 saturated carbocycles. The maximum atomic E-state index is 8.50. The highest BCUT2D eigenvalue weighted by Gasteiger charge is 1.99. The first-order chi connectivity index (χ1) is 5.31. The lowest BCUT2D eigenvalue weighted by atomic mass is 10.2. The normalized spacial score (nSPS) is 13.4. The van der Waals surface area contributed by atoms with Gasteiger partial charge in [0, 0.05) is 19.3 Å². The van der Waals surface area contributed by atoms with Crippen molar-refractivity contribution in [3.63, 3.8) is 0 Å². The van der Waals surface area contributed by atoms with Crippen molar-refractivity contribution >= 4 is 0 Å². The van der Waals surface area contributed by atoms with Gasteiger partial charge in [0.25, 0.3) is 0 Å². The number of hydrogen-bond acceptors (Lipinski definition) is 3. The molecule has 1 atom stereocenters. The van der Waals surface area contributed by atoms with Crippen LogP contribution in [-0.2, 0) is 4.74 Å². The van der Waals surface area contributed by atoms with E-state index in [4.69, 9.17) is 15.6 Å². The van der Waals surface area contributed by atoms with Gasteiger partial charge >= 0.3 is 0 Å². The van der Waals surface area contributed by atoms with Crippen molar-refractivity contribution in [2.45, 2.75) is 32.2 Å². The fourth-order valence-electron chi connectivity index (χ4n) is 0.730. The Morgan fingerprint density at radius 1 is 1.55 bits per heavy atom. The number of aliphatic hydroxyl groups excluding tert-OH is 1. The Morgan fingerprint density at radius 3 is 2.82 bits per heavy atom. The van der Waals surface area contributed by atoms with Crippen LogP contribution in [0.1, 0.15) is 26.2 Å². The summed E-state index contributed by atoms with van der Waals surface area (Å²) in [6.45, 7) is 3.63. The minimum Gasteiger partial charge on any atom is -0.396 e. The van der Waals surface area contributed by atoms with Crippen LogP contribution in [0.25, 0.3) is 0 Å². The molecule has 0 spiro atoms. The molecule has 0 rings (SSSR count). The van der Waals surface area contributed by atoms with Crippen LogP contribution in [-0.4, -0.2) is 31.0 Å². The van der Waals surface area contributed by atoms with Crippen molar-refractivity contribution in [3.8, 4) is 0 Å². The summed E-state index contributed by atoms with van der Waals surface area (Å²) in [4.78, 5) is 0. The fourth-order valence-corrected chi connectivity index (χ4v) is 0.730. The average Bonchev–Trinajstić information content (AvgIpc) is 1.99. The van der Waals surface area contributed by atoms with Crippen LogP contribution in [0.4, 0.5) is 0 Å². The topological polar surface area (TPSA) is 55.5 Å². The highest BCUT2D eigenvalue weighted by molar-refractivity contribution is 4.57. The molecule has 3 heteroatoms. The second-order valence-corrected chi connectivity index (χ2v) is 2.70. The Kier molecular flexibility index (Phi) is 7.89. The molecule has 0 aromatic carbocycles. The SMILES string of the molecule is CCCCOCC(N)CCO. The van der Waals surface area contributed by atoms with Crippen molar-refractivity contribution in [1.82, 2.24) is 0 Å². The third kappa shape index (κ3) is 7.78. The van der Waals surface area contributed by atoms with Gasteiger partial charge in [0.15, 0.2) is 0 Å². The van der Waals surface area contributed by atoms with E-state index < -0.39 is 0 Å². The van der Waals surface area contributed by atoms with Crippen LogP contribution < -0.4 is 5.73 Å². The molecule has 0 aromatic rings. The summed E-state index contributed by atoms with van der Waals surface area (Å²) >= 11 is 0. The van der Waals surface area contributed by atoms with Crippen LogP contribution >= 0.6 is 0 Å². The molecule has 68 valence electrons. The molecular formula is C8H19NO2. The van der Waals surface area contributed by atoms with Gasteiger partial charge in [-0.05, 0) is 12.8 Å². The molecule has 3 N–H and O–H groups in total. The predicted octanol–water partition coefficient (Wildman–Crippen LogP) is 0.513. The first-order valence-electron chi connectivity index (χ1n) is 4.25. The molecule has 0 aliphatic heterocycles. The minimum atomic E-state index is -0.00291. The van der Waals surface area contributed by atoms with Crippen molar-refractivity contribution in [3.05, 3.63) is 0 Å². The summed E-state index contributed by atoms with van der Waals surface area (Å²) in [6, 6.07) is -0.00291. The number of unbranched alkanes of at least 4 members (excludes halogenated alkanes) is 1. The Hall–Kier alpha value is -0.120. The van der Waals surface area contributed by atoms with Crippen molar-refractivity contribution < 1.29 is 9.84 Å². The molecule has 11 heavy (non-hydrogen) atoms. The lowest BCUT2D eigenvalue weighted by Crippen LogP contribution is -2.27. The molecule has 1 unspecified atom stereocenters. The van der Waals surface area contributed by atoms with Gasteiger partial charge in [0.1, 0.15) is 0 Å². The number of ether oxygens (including phenoxy) is 1. The smallest absolute Gasteiger partial charge is 0.0618 e. The van der Waals surface area contributed by atoms with E-state index in [2.05, 4.69) is 6.92 Å². The van der Waals surface area contributed by atoms with Gasteiger partial charge in [-0.15, -0.1) is 0 Å². The standard InChI is InChI=1S/C8H19NO2/c1-2-3-6-11-7-8(9)4-5-10/h8,10H,2-7,9H2,1H3. The number of aliphatic hydroxyl groups is 1. The number of hydrogen-bond donors (Lipinski definition) is 2. The summed E-state index contributed by atoms with van der Waals surface area (Å²) in [6.07, 6.45) is 2.87. The molecule has 0 aliphatic rings. The molecule has 0 heterocycles. The number of rotatable bonds is 7. The fraction of sp³-hybridized carbons (Fsp3) is 1.00. The minimum absolute atomic E-state index is 0.00291. The first kappa shape index (κ1) is 10.9. The second-order valence-electron chi connectivity index (χ2n) is 2.70. The van der Waals surface area contributed by atoms with E-state index in [9.17, 15) is 0 Å². The first-order valence-corrected chi connectivity index (χ1v) is 4.25. The van der Waals surface area contributed by atoms with Crippen LogP contribution in [0.5, 0.6) is 0 Å². The van der Waals surface area contributed by atoms with Crippen molar-refractivity contribution in [2.75, 3.05) is 19.8 Å². The second kappa shape index (κ2) is 7.98. The van der Waals surface area contributed by atoms with Crippen LogP contribution in [0.15, 0.2) is 0 Å². The predicted molar refractivity (Wildman–Crippen MR) is 45.4 cm³/mol. The zero-order valence-corrected chi connectivity index (χ0v) is 7.25. The van der Waals surface area contributed by atoms with Crippen molar-refractivity contribution in [1.29, 1.82) is 0 Å². The quantitative estimate of drug-likeness (QED) is 0.535. The zero-order valence-electron chi connectivity index (χ0n) is 7.25. The molecule has 0 aliphatic carbocycles. The summed E-state index contributed by atoms with van der Waals surface area (Å²) in [5.41, 5.74) is 5.58. The molecule has 3 nitrogen and oxygen atoms in total. The molecule has 0 fully saturated rings. The van der Waals surface area contributed by atoms with Gasteiger partial charge in [-0.2, -0.15) is 0 Å². The largest absolute Gasteiger partial charge is 0.396 e. The van der Waals surface area contributed by atoms with E-state index >= 15 is 0 Å². The summed E-state index contributed by atoms with van der Waals surface area (Å²) in [7, 11) is 0. The van der Waals surface area contributed by atoms with E-state index in [-0.39, 0.29) is 12.6 Å². The molecule has 0 amide bonds. The third-order valence-electron chi connectivity index (χ3n) is 1.47. The molecular weight excluding hydrogens is 142 g/mol. The van der Waals surface area contributed by atoms with Gasteiger partial charge in [0.05, 0.1) is 6.61 Å². The third-order valence-corrected chi connectivity index (χ3v) is 1.47. The zero-order chi connectivity index (χ0) is 8.53. The maximum absolute atomic E-state index is 8.50. The van der Waals surface area contributed by atoms with Gasteiger partial charge in [-0.3, -0.25) is 0 Å². The molecule has 0 aromatic heterocycles. The van der Waals surface area contributed by atoms with Gasteiger partial charge in [0.2, 0.25) is 0 Å². The van der Waals surface area contributed by atoms with E-state index in [1.807, 2.05) is 0 Å². The summed E-state index contributed by atoms with van der Waals surface area (Å²) in [5, 5.41) is 8.50.